The van der Waals surface area contributed by atoms with Crippen LogP contribution in [0.4, 0.5) is 0 Å². The lowest BCUT2D eigenvalue weighted by Crippen LogP contribution is -2.19. The highest BCUT2D eigenvalue weighted by molar-refractivity contribution is 5.85. The molecule has 3 nitrogen and oxygen atoms in total. The van der Waals surface area contributed by atoms with Gasteiger partial charge in [0, 0.05) is 14.1 Å². The summed E-state index contributed by atoms with van der Waals surface area (Å²) in [6.45, 7) is 3.90. The van der Waals surface area contributed by atoms with Gasteiger partial charge < -0.3 is 10.0 Å². The molecule has 64 valence electrons. The van der Waals surface area contributed by atoms with Crippen LogP contribution in [0.3, 0.4) is 0 Å². The van der Waals surface area contributed by atoms with E-state index in [0.29, 0.717) is 5.70 Å². The Labute approximate surface area is 67.3 Å². The van der Waals surface area contributed by atoms with E-state index >= 15 is 0 Å². The summed E-state index contributed by atoms with van der Waals surface area (Å²) in [6, 6.07) is 0. The molecule has 0 aromatic heterocycles. The van der Waals surface area contributed by atoms with Crippen molar-refractivity contribution in [1.29, 1.82) is 0 Å². The predicted molar refractivity (Wildman–Crippen MR) is 44.2 cm³/mol. The van der Waals surface area contributed by atoms with Gasteiger partial charge in [0.1, 0.15) is 5.70 Å². The van der Waals surface area contributed by atoms with Gasteiger partial charge in [0.05, 0.1) is 0 Å². The Morgan fingerprint density at radius 3 is 2.00 bits per heavy atom. The maximum Gasteiger partial charge on any atom is 0.351 e. The molecule has 0 aliphatic heterocycles. The minimum Gasteiger partial charge on any atom is -0.477 e. The molecule has 3 heteroatoms. The lowest BCUT2D eigenvalue weighted by molar-refractivity contribution is -0.134. The zero-order valence-corrected chi connectivity index (χ0v) is 7.46. The number of carboxylic acids is 1. The van der Waals surface area contributed by atoms with Gasteiger partial charge in [-0.3, -0.25) is 0 Å². The van der Waals surface area contributed by atoms with Crippen LogP contribution in [-0.2, 0) is 4.79 Å². The standard InChI is InChI=1S/C8H15NO2/c1-6(2)5-7(8(10)11)9(3)4/h5-6H,1-4H3,(H,10,11)/b7-5+. The third-order valence-electron chi connectivity index (χ3n) is 1.19. The summed E-state index contributed by atoms with van der Waals surface area (Å²) in [5.41, 5.74) is 0.347. The van der Waals surface area contributed by atoms with E-state index in [0.717, 1.165) is 0 Å². The van der Waals surface area contributed by atoms with Crippen molar-refractivity contribution in [1.82, 2.24) is 4.90 Å². The van der Waals surface area contributed by atoms with Crippen molar-refractivity contribution >= 4 is 5.97 Å². The molecule has 1 N–H and O–H groups in total. The second-order valence-electron chi connectivity index (χ2n) is 3.00. The first-order valence-corrected chi connectivity index (χ1v) is 3.57. The summed E-state index contributed by atoms with van der Waals surface area (Å²) < 4.78 is 0. The molecule has 11 heavy (non-hydrogen) atoms. The zero-order valence-electron chi connectivity index (χ0n) is 7.46. The van der Waals surface area contributed by atoms with Crippen LogP contribution in [0, 0.1) is 5.92 Å². The van der Waals surface area contributed by atoms with Gasteiger partial charge in [-0.05, 0) is 5.92 Å². The molecule has 0 fully saturated rings. The monoisotopic (exact) mass is 157 g/mol. The number of aliphatic carboxylic acids is 1. The fraction of sp³-hybridized carbons (Fsp3) is 0.625. The van der Waals surface area contributed by atoms with Crippen LogP contribution in [-0.4, -0.2) is 30.1 Å². The summed E-state index contributed by atoms with van der Waals surface area (Å²) in [5.74, 6) is -0.604. The molecule has 0 heterocycles. The molecule has 0 spiro atoms. The van der Waals surface area contributed by atoms with Crippen molar-refractivity contribution in [3.05, 3.63) is 11.8 Å². The van der Waals surface area contributed by atoms with E-state index in [1.54, 1.807) is 25.1 Å². The van der Waals surface area contributed by atoms with Gasteiger partial charge in [0.2, 0.25) is 0 Å². The normalized spacial score (nSPS) is 11.9. The number of carbonyl (C=O) groups is 1. The number of rotatable bonds is 3. The largest absolute Gasteiger partial charge is 0.477 e. The van der Waals surface area contributed by atoms with Crippen LogP contribution in [0.25, 0.3) is 0 Å². The topological polar surface area (TPSA) is 40.5 Å². The molecule has 0 aromatic rings. The van der Waals surface area contributed by atoms with Crippen molar-refractivity contribution in [3.8, 4) is 0 Å². The Bertz CT molecular complexity index is 171. The maximum atomic E-state index is 10.6. The first-order chi connectivity index (χ1) is 4.95. The van der Waals surface area contributed by atoms with Gasteiger partial charge in [-0.15, -0.1) is 0 Å². The van der Waals surface area contributed by atoms with Crippen LogP contribution in [0.5, 0.6) is 0 Å². The van der Waals surface area contributed by atoms with Gasteiger partial charge in [0.15, 0.2) is 0 Å². The van der Waals surface area contributed by atoms with Gasteiger partial charge in [-0.1, -0.05) is 19.9 Å². The first-order valence-electron chi connectivity index (χ1n) is 3.57. The van der Waals surface area contributed by atoms with Gasteiger partial charge in [-0.2, -0.15) is 0 Å². The third-order valence-corrected chi connectivity index (χ3v) is 1.19. The van der Waals surface area contributed by atoms with Crippen molar-refractivity contribution in [3.63, 3.8) is 0 Å². The molecule has 0 aliphatic rings. The molecular weight excluding hydrogens is 142 g/mol. The fourth-order valence-electron chi connectivity index (χ4n) is 0.727. The highest BCUT2D eigenvalue weighted by atomic mass is 16.4. The number of nitrogens with zero attached hydrogens (tertiary/aromatic N) is 1. The Kier molecular flexibility index (Phi) is 3.65. The Morgan fingerprint density at radius 2 is 1.91 bits per heavy atom. The molecular formula is C8H15NO2. The van der Waals surface area contributed by atoms with E-state index in [9.17, 15) is 4.79 Å². The van der Waals surface area contributed by atoms with Crippen LogP contribution in [0.1, 0.15) is 13.8 Å². The molecule has 0 saturated carbocycles. The second kappa shape index (κ2) is 4.01. The van der Waals surface area contributed by atoms with Gasteiger partial charge in [0.25, 0.3) is 0 Å². The number of carboxylic acid groups (broad SMARTS) is 1. The smallest absolute Gasteiger partial charge is 0.351 e. The van der Waals surface area contributed by atoms with Crippen LogP contribution >= 0.6 is 0 Å². The third kappa shape index (κ3) is 3.65. The van der Waals surface area contributed by atoms with E-state index < -0.39 is 5.97 Å². The lowest BCUT2D eigenvalue weighted by atomic mass is 10.2. The molecule has 0 rings (SSSR count). The summed E-state index contributed by atoms with van der Waals surface area (Å²) in [7, 11) is 3.45. The highest BCUT2D eigenvalue weighted by Crippen LogP contribution is 2.04. The van der Waals surface area contributed by atoms with Crippen LogP contribution in [0.2, 0.25) is 0 Å². The van der Waals surface area contributed by atoms with Gasteiger partial charge >= 0.3 is 5.97 Å². The fourth-order valence-corrected chi connectivity index (χ4v) is 0.727. The molecule has 0 atom stereocenters. The van der Waals surface area contributed by atoms with E-state index in [1.165, 1.54) is 0 Å². The summed E-state index contributed by atoms with van der Waals surface area (Å²) >= 11 is 0. The Morgan fingerprint density at radius 1 is 1.45 bits per heavy atom. The van der Waals surface area contributed by atoms with E-state index in [4.69, 9.17) is 5.11 Å². The molecule has 0 amide bonds. The number of allylic oxidation sites excluding steroid dienone is 1. The molecule has 0 bridgehead atoms. The summed E-state index contributed by atoms with van der Waals surface area (Å²) in [5, 5.41) is 8.68. The highest BCUT2D eigenvalue weighted by Gasteiger charge is 2.08. The maximum absolute atomic E-state index is 10.6. The average Bonchev–Trinajstić information content (AvgIpc) is 1.81. The molecule has 0 aromatic carbocycles. The summed E-state index contributed by atoms with van der Waals surface area (Å²) in [6.07, 6.45) is 1.72. The first kappa shape index (κ1) is 10.0. The molecule has 0 radical (unpaired) electrons. The Balaban J connectivity index is 4.47. The van der Waals surface area contributed by atoms with Crippen molar-refractivity contribution in [2.75, 3.05) is 14.1 Å². The zero-order chi connectivity index (χ0) is 9.02. The van der Waals surface area contributed by atoms with Crippen molar-refractivity contribution < 1.29 is 9.90 Å². The second-order valence-corrected chi connectivity index (χ2v) is 3.00. The van der Waals surface area contributed by atoms with Crippen molar-refractivity contribution in [2.45, 2.75) is 13.8 Å². The lowest BCUT2D eigenvalue weighted by Gasteiger charge is -2.13. The van der Waals surface area contributed by atoms with E-state index in [-0.39, 0.29) is 5.92 Å². The van der Waals surface area contributed by atoms with Gasteiger partial charge in [-0.25, -0.2) is 4.79 Å². The molecule has 0 aliphatic carbocycles. The summed E-state index contributed by atoms with van der Waals surface area (Å²) in [4.78, 5) is 12.2. The molecule has 0 saturated heterocycles. The number of hydrogen-bond acceptors (Lipinski definition) is 2. The predicted octanol–water partition coefficient (Wildman–Crippen LogP) is 1.17. The van der Waals surface area contributed by atoms with Crippen molar-refractivity contribution in [2.24, 2.45) is 5.92 Å². The minimum atomic E-state index is -0.872. The SMILES string of the molecule is CC(C)/C=C(\C(=O)O)N(C)C. The van der Waals surface area contributed by atoms with E-state index in [1.807, 2.05) is 13.8 Å². The van der Waals surface area contributed by atoms with Crippen LogP contribution in [0.15, 0.2) is 11.8 Å². The van der Waals surface area contributed by atoms with E-state index in [2.05, 4.69) is 0 Å². The number of likely N-dealkylation sites (N-methyl/N-ethyl adjacent to an activating group) is 1. The molecule has 0 unspecified atom stereocenters. The minimum absolute atomic E-state index is 0.267. The number of hydrogen-bond donors (Lipinski definition) is 1. The quantitative estimate of drug-likeness (QED) is 0.625. The Hall–Kier alpha value is -0.990. The van der Waals surface area contributed by atoms with Crippen LogP contribution < -0.4 is 0 Å². The average molecular weight is 157 g/mol.